The first-order valence-electron chi connectivity index (χ1n) is 6.83. The van der Waals surface area contributed by atoms with Crippen molar-refractivity contribution < 1.29 is 18.0 Å². The largest absolute Gasteiger partial charge is 0.406 e. The highest BCUT2D eigenvalue weighted by atomic mass is 35.5. The number of amides is 1. The molecule has 0 radical (unpaired) electrons. The molecule has 0 N–H and O–H groups in total. The Labute approximate surface area is 117 Å². The Kier molecular flexibility index (Phi) is 6.97. The van der Waals surface area contributed by atoms with Gasteiger partial charge in [0.15, 0.2) is 0 Å². The van der Waals surface area contributed by atoms with E-state index in [0.717, 1.165) is 17.7 Å². The summed E-state index contributed by atoms with van der Waals surface area (Å²) in [5.41, 5.74) is 0. The maximum atomic E-state index is 12.3. The number of hydrogen-bond donors (Lipinski definition) is 0. The molecule has 0 spiro atoms. The number of rotatable bonds is 6. The van der Waals surface area contributed by atoms with Crippen LogP contribution in [0.2, 0.25) is 0 Å². The van der Waals surface area contributed by atoms with Crippen LogP contribution in [0.15, 0.2) is 0 Å². The van der Waals surface area contributed by atoms with Gasteiger partial charge in [-0.25, -0.2) is 0 Å². The maximum Gasteiger partial charge on any atom is 0.406 e. The molecule has 0 bridgehead atoms. The molecule has 19 heavy (non-hydrogen) atoms. The third kappa shape index (κ3) is 7.04. The number of carbonyl (C=O) groups excluding carboxylic acids is 1. The van der Waals surface area contributed by atoms with Crippen molar-refractivity contribution in [2.75, 3.05) is 19.0 Å². The molecule has 0 aromatic carbocycles. The van der Waals surface area contributed by atoms with Crippen molar-refractivity contribution in [2.45, 2.75) is 51.1 Å². The fraction of sp³-hybridized carbons (Fsp3) is 0.923. The summed E-state index contributed by atoms with van der Waals surface area (Å²) >= 11 is 5.46. The van der Waals surface area contributed by atoms with Crippen molar-refractivity contribution >= 4 is 17.5 Å². The summed E-state index contributed by atoms with van der Waals surface area (Å²) < 4.78 is 37.0. The van der Waals surface area contributed by atoms with Gasteiger partial charge in [-0.15, -0.1) is 11.6 Å². The minimum atomic E-state index is -4.35. The number of halogens is 4. The van der Waals surface area contributed by atoms with E-state index < -0.39 is 18.6 Å². The van der Waals surface area contributed by atoms with Crippen LogP contribution in [0.5, 0.6) is 0 Å². The van der Waals surface area contributed by atoms with Gasteiger partial charge in [0, 0.05) is 18.8 Å². The monoisotopic (exact) mass is 299 g/mol. The van der Waals surface area contributed by atoms with E-state index in [1.807, 2.05) is 0 Å². The SMILES string of the molecule is O=C(CCC1CCCCC1)N(CCCl)CC(F)(F)F. The van der Waals surface area contributed by atoms with Crippen LogP contribution in [-0.2, 0) is 4.79 Å². The lowest BCUT2D eigenvalue weighted by Gasteiger charge is -2.25. The van der Waals surface area contributed by atoms with Gasteiger partial charge >= 0.3 is 6.18 Å². The van der Waals surface area contributed by atoms with Crippen LogP contribution < -0.4 is 0 Å². The molecule has 0 atom stereocenters. The Morgan fingerprint density at radius 1 is 1.21 bits per heavy atom. The predicted octanol–water partition coefficient (Wildman–Crippen LogP) is 3.98. The summed E-state index contributed by atoms with van der Waals surface area (Å²) in [6.07, 6.45) is 2.33. The molecular formula is C13H21ClF3NO. The molecule has 0 saturated heterocycles. The van der Waals surface area contributed by atoms with Crippen LogP contribution >= 0.6 is 11.6 Å². The molecule has 1 rings (SSSR count). The fourth-order valence-corrected chi connectivity index (χ4v) is 2.78. The molecule has 1 aliphatic carbocycles. The van der Waals surface area contributed by atoms with Gasteiger partial charge < -0.3 is 4.90 Å². The second kappa shape index (κ2) is 7.98. The number of carbonyl (C=O) groups is 1. The van der Waals surface area contributed by atoms with Crippen LogP contribution in [0.4, 0.5) is 13.2 Å². The molecule has 0 heterocycles. The lowest BCUT2D eigenvalue weighted by Crippen LogP contribution is -2.40. The standard InChI is InChI=1S/C13H21ClF3NO/c14-8-9-18(10-13(15,16)17)12(19)7-6-11-4-2-1-3-5-11/h11H,1-10H2. The zero-order valence-corrected chi connectivity index (χ0v) is 11.8. The molecular weight excluding hydrogens is 279 g/mol. The molecule has 112 valence electrons. The number of alkyl halides is 4. The lowest BCUT2D eigenvalue weighted by molar-refractivity contribution is -0.160. The summed E-state index contributed by atoms with van der Waals surface area (Å²) in [6, 6.07) is 0. The van der Waals surface area contributed by atoms with Gasteiger partial charge in [0.2, 0.25) is 5.91 Å². The van der Waals surface area contributed by atoms with E-state index in [9.17, 15) is 18.0 Å². The molecule has 1 fully saturated rings. The van der Waals surface area contributed by atoms with E-state index in [1.54, 1.807) is 0 Å². The summed E-state index contributed by atoms with van der Waals surface area (Å²) in [6.45, 7) is -1.23. The van der Waals surface area contributed by atoms with Crippen LogP contribution in [0.1, 0.15) is 44.9 Å². The average Bonchev–Trinajstić information content (AvgIpc) is 2.35. The highest BCUT2D eigenvalue weighted by molar-refractivity contribution is 6.18. The first-order valence-corrected chi connectivity index (χ1v) is 7.36. The smallest absolute Gasteiger partial charge is 0.332 e. The van der Waals surface area contributed by atoms with Crippen molar-refractivity contribution in [2.24, 2.45) is 5.92 Å². The summed E-state index contributed by atoms with van der Waals surface area (Å²) in [5, 5.41) is 0. The Morgan fingerprint density at radius 3 is 2.37 bits per heavy atom. The lowest BCUT2D eigenvalue weighted by atomic mass is 9.86. The van der Waals surface area contributed by atoms with E-state index in [1.165, 1.54) is 19.3 Å². The zero-order valence-electron chi connectivity index (χ0n) is 11.0. The van der Waals surface area contributed by atoms with Crippen LogP contribution in [0.3, 0.4) is 0 Å². The number of nitrogens with zero attached hydrogens (tertiary/aromatic N) is 1. The topological polar surface area (TPSA) is 20.3 Å². The van der Waals surface area contributed by atoms with Gasteiger partial charge in [-0.1, -0.05) is 32.1 Å². The Bertz CT molecular complexity index is 278. The zero-order chi connectivity index (χ0) is 14.3. The Balaban J connectivity index is 2.38. The minimum absolute atomic E-state index is 0.0330. The molecule has 1 saturated carbocycles. The molecule has 6 heteroatoms. The van der Waals surface area contributed by atoms with Gasteiger partial charge in [0.05, 0.1) is 0 Å². The quantitative estimate of drug-likeness (QED) is 0.679. The maximum absolute atomic E-state index is 12.3. The Morgan fingerprint density at radius 2 is 1.84 bits per heavy atom. The van der Waals surface area contributed by atoms with Crippen molar-refractivity contribution in [1.82, 2.24) is 4.90 Å². The molecule has 1 amide bonds. The van der Waals surface area contributed by atoms with E-state index in [4.69, 9.17) is 11.6 Å². The first kappa shape index (κ1) is 16.6. The van der Waals surface area contributed by atoms with Gasteiger partial charge in [-0.3, -0.25) is 4.79 Å². The predicted molar refractivity (Wildman–Crippen MR) is 69.2 cm³/mol. The first-order chi connectivity index (χ1) is 8.92. The van der Waals surface area contributed by atoms with E-state index in [-0.39, 0.29) is 18.8 Å². The van der Waals surface area contributed by atoms with Crippen molar-refractivity contribution in [3.63, 3.8) is 0 Å². The van der Waals surface area contributed by atoms with Gasteiger partial charge in [0.1, 0.15) is 6.54 Å². The average molecular weight is 300 g/mol. The van der Waals surface area contributed by atoms with Crippen molar-refractivity contribution in [1.29, 1.82) is 0 Å². The minimum Gasteiger partial charge on any atom is -0.332 e. The number of hydrogen-bond acceptors (Lipinski definition) is 1. The Hall–Kier alpha value is -0.450. The highest BCUT2D eigenvalue weighted by Gasteiger charge is 2.32. The highest BCUT2D eigenvalue weighted by Crippen LogP contribution is 2.27. The molecule has 0 unspecified atom stereocenters. The second-order valence-electron chi connectivity index (χ2n) is 5.16. The summed E-state index contributed by atoms with van der Waals surface area (Å²) in [7, 11) is 0. The van der Waals surface area contributed by atoms with Gasteiger partial charge in [0.25, 0.3) is 0 Å². The van der Waals surface area contributed by atoms with Crippen molar-refractivity contribution in [3.8, 4) is 0 Å². The van der Waals surface area contributed by atoms with E-state index in [0.29, 0.717) is 12.3 Å². The van der Waals surface area contributed by atoms with Gasteiger partial charge in [-0.05, 0) is 12.3 Å². The third-order valence-electron chi connectivity index (χ3n) is 3.57. The molecule has 2 nitrogen and oxygen atoms in total. The van der Waals surface area contributed by atoms with Crippen LogP contribution in [-0.4, -0.2) is 36.0 Å². The summed E-state index contributed by atoms with van der Waals surface area (Å²) in [5.74, 6) is 0.107. The van der Waals surface area contributed by atoms with Crippen LogP contribution in [0, 0.1) is 5.92 Å². The fourth-order valence-electron chi connectivity index (χ4n) is 2.57. The summed E-state index contributed by atoms with van der Waals surface area (Å²) in [4.78, 5) is 12.7. The third-order valence-corrected chi connectivity index (χ3v) is 3.74. The molecule has 0 aromatic heterocycles. The molecule has 1 aliphatic rings. The van der Waals surface area contributed by atoms with E-state index in [2.05, 4.69) is 0 Å². The van der Waals surface area contributed by atoms with Crippen molar-refractivity contribution in [3.05, 3.63) is 0 Å². The van der Waals surface area contributed by atoms with Crippen LogP contribution in [0.25, 0.3) is 0 Å². The molecule has 0 aromatic rings. The second-order valence-corrected chi connectivity index (χ2v) is 5.54. The van der Waals surface area contributed by atoms with E-state index >= 15 is 0 Å². The van der Waals surface area contributed by atoms with Gasteiger partial charge in [-0.2, -0.15) is 13.2 Å². The molecule has 0 aliphatic heterocycles. The normalized spacial score (nSPS) is 17.5.